The zero-order valence-electron chi connectivity index (χ0n) is 11.7. The second-order valence-corrected chi connectivity index (χ2v) is 5.80. The normalized spacial score (nSPS) is 22.7. The lowest BCUT2D eigenvalue weighted by atomic mass is 10.2. The van der Waals surface area contributed by atoms with Crippen LogP contribution in [0.1, 0.15) is 17.4 Å². The van der Waals surface area contributed by atoms with Gasteiger partial charge in [0.15, 0.2) is 0 Å². The summed E-state index contributed by atoms with van der Waals surface area (Å²) in [5.74, 6) is -0.0865. The fraction of sp³-hybridized carbons (Fsp3) is 0.400. The van der Waals surface area contributed by atoms with Gasteiger partial charge in [-0.15, -0.1) is 0 Å². The van der Waals surface area contributed by atoms with Crippen LogP contribution in [0.2, 0.25) is 5.02 Å². The lowest BCUT2D eigenvalue weighted by Crippen LogP contribution is -2.52. The zero-order valence-corrected chi connectivity index (χ0v) is 12.4. The molecule has 1 aromatic heterocycles. The van der Waals surface area contributed by atoms with Crippen molar-refractivity contribution >= 4 is 28.4 Å². The minimum atomic E-state index is -0.316. The van der Waals surface area contributed by atoms with Gasteiger partial charge in [-0.3, -0.25) is 4.79 Å². The van der Waals surface area contributed by atoms with Gasteiger partial charge in [0.25, 0.3) is 5.91 Å². The number of amides is 1. The van der Waals surface area contributed by atoms with Crippen molar-refractivity contribution in [3.05, 3.63) is 35.0 Å². The molecular formula is C15H17ClN2O3. The molecule has 2 heterocycles. The van der Waals surface area contributed by atoms with Crippen LogP contribution in [0.3, 0.4) is 0 Å². The maximum atomic E-state index is 12.7. The molecule has 2 N–H and O–H groups in total. The maximum Gasteiger partial charge on any atom is 0.270 e. The van der Waals surface area contributed by atoms with Gasteiger partial charge in [0.1, 0.15) is 5.69 Å². The summed E-state index contributed by atoms with van der Waals surface area (Å²) in [7, 11) is 0. The number of nitrogens with one attached hydrogen (secondary N) is 1. The zero-order chi connectivity index (χ0) is 15.0. The summed E-state index contributed by atoms with van der Waals surface area (Å²) in [6.45, 7) is 2.68. The van der Waals surface area contributed by atoms with Crippen molar-refractivity contribution in [1.82, 2.24) is 9.88 Å². The number of nitrogens with zero attached hydrogens (tertiary/aromatic N) is 1. The number of hydrogen-bond donors (Lipinski definition) is 2. The molecule has 0 radical (unpaired) electrons. The molecule has 6 heteroatoms. The summed E-state index contributed by atoms with van der Waals surface area (Å²) in [5.41, 5.74) is 1.36. The van der Waals surface area contributed by atoms with E-state index in [9.17, 15) is 9.90 Å². The van der Waals surface area contributed by atoms with Gasteiger partial charge in [-0.2, -0.15) is 0 Å². The van der Waals surface area contributed by atoms with Crippen molar-refractivity contribution in [2.24, 2.45) is 0 Å². The van der Waals surface area contributed by atoms with E-state index in [-0.39, 0.29) is 24.7 Å². The first-order chi connectivity index (χ1) is 10.1. The van der Waals surface area contributed by atoms with Gasteiger partial charge in [-0.25, -0.2) is 0 Å². The van der Waals surface area contributed by atoms with E-state index in [2.05, 4.69) is 4.98 Å². The van der Waals surface area contributed by atoms with E-state index < -0.39 is 0 Å². The molecule has 0 saturated carbocycles. The Labute approximate surface area is 127 Å². The van der Waals surface area contributed by atoms with Crippen LogP contribution in [0, 0.1) is 0 Å². The molecule has 0 bridgehead atoms. The maximum absolute atomic E-state index is 12.7. The molecule has 112 valence electrons. The van der Waals surface area contributed by atoms with Gasteiger partial charge in [0, 0.05) is 22.5 Å². The van der Waals surface area contributed by atoms with Crippen molar-refractivity contribution in [2.75, 3.05) is 19.8 Å². The Balaban J connectivity index is 1.88. The average Bonchev–Trinajstić information content (AvgIpc) is 2.90. The number of hydrogen-bond acceptors (Lipinski definition) is 3. The van der Waals surface area contributed by atoms with Crippen molar-refractivity contribution in [3.63, 3.8) is 0 Å². The Morgan fingerprint density at radius 2 is 2.33 bits per heavy atom. The van der Waals surface area contributed by atoms with Crippen molar-refractivity contribution < 1.29 is 14.6 Å². The van der Waals surface area contributed by atoms with Crippen molar-refractivity contribution in [3.8, 4) is 0 Å². The van der Waals surface area contributed by atoms with Crippen LogP contribution >= 0.6 is 11.6 Å². The topological polar surface area (TPSA) is 65.6 Å². The predicted octanol–water partition coefficient (Wildman–Crippen LogP) is 2.04. The van der Waals surface area contributed by atoms with E-state index in [0.29, 0.717) is 23.9 Å². The van der Waals surface area contributed by atoms with Crippen LogP contribution in [-0.2, 0) is 4.74 Å². The minimum Gasteiger partial charge on any atom is -0.394 e. The molecule has 1 aliphatic heterocycles. The number of aromatic amines is 1. The lowest BCUT2D eigenvalue weighted by Gasteiger charge is -2.37. The highest BCUT2D eigenvalue weighted by molar-refractivity contribution is 6.31. The second-order valence-electron chi connectivity index (χ2n) is 5.36. The van der Waals surface area contributed by atoms with Gasteiger partial charge >= 0.3 is 0 Å². The molecule has 0 aliphatic carbocycles. The molecule has 1 amide bonds. The number of rotatable bonds is 2. The number of aliphatic hydroxyl groups is 1. The Kier molecular flexibility index (Phi) is 3.89. The van der Waals surface area contributed by atoms with Gasteiger partial charge < -0.3 is 19.7 Å². The number of fused-ring (bicyclic) bond motifs is 1. The van der Waals surface area contributed by atoms with Crippen molar-refractivity contribution in [2.45, 2.75) is 19.1 Å². The number of ether oxygens (including phenoxy) is 1. The van der Waals surface area contributed by atoms with Crippen LogP contribution < -0.4 is 0 Å². The summed E-state index contributed by atoms with van der Waals surface area (Å²) >= 11 is 5.96. The first-order valence-corrected chi connectivity index (χ1v) is 7.28. The van der Waals surface area contributed by atoms with E-state index in [1.165, 1.54) is 0 Å². The fourth-order valence-electron chi connectivity index (χ4n) is 2.58. The molecule has 1 fully saturated rings. The molecule has 2 unspecified atom stereocenters. The molecule has 1 aliphatic rings. The number of benzene rings is 1. The van der Waals surface area contributed by atoms with E-state index in [1.54, 1.807) is 17.0 Å². The highest BCUT2D eigenvalue weighted by Crippen LogP contribution is 2.22. The van der Waals surface area contributed by atoms with Crippen LogP contribution in [0.4, 0.5) is 0 Å². The molecule has 1 saturated heterocycles. The summed E-state index contributed by atoms with van der Waals surface area (Å²) < 4.78 is 5.46. The summed E-state index contributed by atoms with van der Waals surface area (Å²) in [5, 5.41) is 10.8. The molecule has 3 rings (SSSR count). The lowest BCUT2D eigenvalue weighted by molar-refractivity contribution is -0.0668. The number of aromatic nitrogens is 1. The molecule has 2 atom stereocenters. The predicted molar refractivity (Wildman–Crippen MR) is 80.6 cm³/mol. The van der Waals surface area contributed by atoms with E-state index in [0.717, 1.165) is 10.9 Å². The number of aliphatic hydroxyl groups excluding tert-OH is 1. The quantitative estimate of drug-likeness (QED) is 0.892. The van der Waals surface area contributed by atoms with Gasteiger partial charge in [0.05, 0.1) is 25.4 Å². The third kappa shape index (κ3) is 2.77. The number of carbonyl (C=O) groups is 1. The molecule has 5 nitrogen and oxygen atoms in total. The third-order valence-corrected chi connectivity index (χ3v) is 4.02. The first kappa shape index (κ1) is 14.4. The minimum absolute atomic E-state index is 0.0182. The van der Waals surface area contributed by atoms with Crippen LogP contribution in [0.5, 0.6) is 0 Å². The SMILES string of the molecule is CC1COC(CO)CN1C(=O)c1cc2ccc(Cl)cc2[nH]1. The van der Waals surface area contributed by atoms with E-state index in [1.807, 2.05) is 19.1 Å². The Morgan fingerprint density at radius 1 is 1.52 bits per heavy atom. The second kappa shape index (κ2) is 5.67. The number of halogens is 1. The van der Waals surface area contributed by atoms with Gasteiger partial charge in [-0.05, 0) is 25.1 Å². The highest BCUT2D eigenvalue weighted by atomic mass is 35.5. The molecule has 2 aromatic rings. The summed E-state index contributed by atoms with van der Waals surface area (Å²) in [6.07, 6.45) is -0.316. The highest BCUT2D eigenvalue weighted by Gasteiger charge is 2.30. The Hall–Kier alpha value is -1.56. The van der Waals surface area contributed by atoms with Crippen LogP contribution in [0.25, 0.3) is 10.9 Å². The van der Waals surface area contributed by atoms with Crippen LogP contribution in [0.15, 0.2) is 24.3 Å². The molecule has 21 heavy (non-hydrogen) atoms. The number of H-pyrrole nitrogens is 1. The molecule has 0 spiro atoms. The summed E-state index contributed by atoms with van der Waals surface area (Å²) in [6, 6.07) is 7.28. The van der Waals surface area contributed by atoms with Crippen LogP contribution in [-0.4, -0.2) is 52.8 Å². The van der Waals surface area contributed by atoms with E-state index >= 15 is 0 Å². The Morgan fingerprint density at radius 3 is 3.10 bits per heavy atom. The smallest absolute Gasteiger partial charge is 0.270 e. The fourth-order valence-corrected chi connectivity index (χ4v) is 2.75. The number of morpholine rings is 1. The molecule has 1 aromatic carbocycles. The monoisotopic (exact) mass is 308 g/mol. The standard InChI is InChI=1S/C15H17ClN2O3/c1-9-8-21-12(7-19)6-18(9)15(20)14-4-10-2-3-11(16)5-13(10)17-14/h2-5,9,12,17,19H,6-8H2,1H3. The third-order valence-electron chi connectivity index (χ3n) is 3.78. The average molecular weight is 309 g/mol. The summed E-state index contributed by atoms with van der Waals surface area (Å²) in [4.78, 5) is 17.5. The first-order valence-electron chi connectivity index (χ1n) is 6.90. The van der Waals surface area contributed by atoms with E-state index in [4.69, 9.17) is 16.3 Å². The van der Waals surface area contributed by atoms with Gasteiger partial charge in [0.2, 0.25) is 0 Å². The largest absolute Gasteiger partial charge is 0.394 e. The molecular weight excluding hydrogens is 292 g/mol. The number of carbonyl (C=O) groups excluding carboxylic acids is 1. The van der Waals surface area contributed by atoms with Crippen molar-refractivity contribution in [1.29, 1.82) is 0 Å². The Bertz CT molecular complexity index is 670. The van der Waals surface area contributed by atoms with Gasteiger partial charge in [-0.1, -0.05) is 17.7 Å².